The van der Waals surface area contributed by atoms with Gasteiger partial charge in [0.15, 0.2) is 0 Å². The van der Waals surface area contributed by atoms with Gasteiger partial charge in [-0.3, -0.25) is 4.90 Å². The van der Waals surface area contributed by atoms with E-state index in [1.807, 2.05) is 0 Å². The number of morpholine rings is 1. The van der Waals surface area contributed by atoms with Gasteiger partial charge in [0.25, 0.3) is 0 Å². The quantitative estimate of drug-likeness (QED) is 0.731. The van der Waals surface area contributed by atoms with E-state index in [9.17, 15) is 8.42 Å². The Bertz CT molecular complexity index is 407. The normalized spacial score (nSPS) is 28.3. The molecule has 0 spiro atoms. The Kier molecular flexibility index (Phi) is 6.43. The lowest BCUT2D eigenvalue weighted by Crippen LogP contribution is -2.48. The first kappa shape index (κ1) is 17.1. The highest BCUT2D eigenvalue weighted by molar-refractivity contribution is 7.89. The SMILES string of the molecule is CC(C)CN1CCO[C@@H](CNS(=O)(=O)C[C@@H]2CCOC2)C1. The zero-order valence-electron chi connectivity index (χ0n) is 13.1. The summed E-state index contributed by atoms with van der Waals surface area (Å²) in [5.74, 6) is 0.908. The van der Waals surface area contributed by atoms with Crippen molar-refractivity contribution >= 4 is 10.0 Å². The third-order valence-corrected chi connectivity index (χ3v) is 5.37. The number of hydrogen-bond acceptors (Lipinski definition) is 5. The molecule has 7 heteroatoms. The molecule has 6 nitrogen and oxygen atoms in total. The molecule has 2 aliphatic heterocycles. The van der Waals surface area contributed by atoms with Gasteiger partial charge in [-0.05, 0) is 18.3 Å². The highest BCUT2D eigenvalue weighted by atomic mass is 32.2. The molecule has 2 aliphatic rings. The predicted octanol–water partition coefficient (Wildman–Crippen LogP) is 0.299. The molecule has 0 aliphatic carbocycles. The topological polar surface area (TPSA) is 67.9 Å². The van der Waals surface area contributed by atoms with Crippen molar-refractivity contribution in [3.63, 3.8) is 0 Å². The van der Waals surface area contributed by atoms with Gasteiger partial charge in [0.1, 0.15) is 0 Å². The van der Waals surface area contributed by atoms with Crippen LogP contribution in [-0.4, -0.2) is 71.2 Å². The molecule has 0 aromatic heterocycles. The number of nitrogens with zero attached hydrogens (tertiary/aromatic N) is 1. The highest BCUT2D eigenvalue weighted by Crippen LogP contribution is 2.14. The van der Waals surface area contributed by atoms with Crippen molar-refractivity contribution in [3.05, 3.63) is 0 Å². The average molecular weight is 320 g/mol. The number of rotatable bonds is 7. The molecular weight excluding hydrogens is 292 g/mol. The fourth-order valence-corrected chi connectivity index (χ4v) is 4.33. The predicted molar refractivity (Wildman–Crippen MR) is 81.7 cm³/mol. The summed E-state index contributed by atoms with van der Waals surface area (Å²) in [6, 6.07) is 0. The van der Waals surface area contributed by atoms with Gasteiger partial charge in [0.2, 0.25) is 10.0 Å². The zero-order valence-corrected chi connectivity index (χ0v) is 13.9. The van der Waals surface area contributed by atoms with Gasteiger partial charge in [0.05, 0.1) is 25.1 Å². The molecule has 21 heavy (non-hydrogen) atoms. The first-order chi connectivity index (χ1) is 9.94. The number of hydrogen-bond donors (Lipinski definition) is 1. The molecule has 0 saturated carbocycles. The number of nitrogens with one attached hydrogen (secondary N) is 1. The number of sulfonamides is 1. The molecule has 2 heterocycles. The van der Waals surface area contributed by atoms with E-state index in [1.54, 1.807) is 0 Å². The van der Waals surface area contributed by atoms with Crippen LogP contribution in [0.2, 0.25) is 0 Å². The summed E-state index contributed by atoms with van der Waals surface area (Å²) in [5, 5.41) is 0. The summed E-state index contributed by atoms with van der Waals surface area (Å²) in [6.45, 7) is 9.42. The molecule has 1 N–H and O–H groups in total. The molecule has 2 rings (SSSR count). The molecule has 0 aromatic rings. The highest BCUT2D eigenvalue weighted by Gasteiger charge is 2.26. The van der Waals surface area contributed by atoms with Gasteiger partial charge in [0, 0.05) is 32.8 Å². The standard InChI is InChI=1S/C14H28N2O4S/c1-12(2)8-16-4-6-20-14(9-16)7-15-21(17,18)11-13-3-5-19-10-13/h12-15H,3-11H2,1-2H3/t13-,14+/m1/s1. The van der Waals surface area contributed by atoms with E-state index in [1.165, 1.54) is 0 Å². The summed E-state index contributed by atoms with van der Waals surface area (Å²) in [4.78, 5) is 2.35. The van der Waals surface area contributed by atoms with Crippen molar-refractivity contribution in [2.75, 3.05) is 51.8 Å². The van der Waals surface area contributed by atoms with Gasteiger partial charge in [-0.2, -0.15) is 0 Å². The van der Waals surface area contributed by atoms with Crippen molar-refractivity contribution < 1.29 is 17.9 Å². The second-order valence-corrected chi connectivity index (χ2v) is 8.36. The molecule has 0 radical (unpaired) electrons. The first-order valence-corrected chi connectivity index (χ1v) is 9.49. The molecule has 0 aromatic carbocycles. The molecule has 2 fully saturated rings. The van der Waals surface area contributed by atoms with Gasteiger partial charge < -0.3 is 9.47 Å². The molecule has 0 unspecified atom stereocenters. The second kappa shape index (κ2) is 7.87. The Morgan fingerprint density at radius 1 is 1.33 bits per heavy atom. The van der Waals surface area contributed by atoms with Crippen LogP contribution in [0.5, 0.6) is 0 Å². The maximum absolute atomic E-state index is 12.1. The fourth-order valence-electron chi connectivity index (χ4n) is 2.89. The summed E-state index contributed by atoms with van der Waals surface area (Å²) >= 11 is 0. The van der Waals surface area contributed by atoms with Crippen molar-refractivity contribution in [1.82, 2.24) is 9.62 Å². The number of ether oxygens (including phenoxy) is 2. The fraction of sp³-hybridized carbons (Fsp3) is 1.00. The van der Waals surface area contributed by atoms with Crippen molar-refractivity contribution in [2.45, 2.75) is 26.4 Å². The van der Waals surface area contributed by atoms with Crippen molar-refractivity contribution in [3.8, 4) is 0 Å². The largest absolute Gasteiger partial charge is 0.381 e. The van der Waals surface area contributed by atoms with E-state index in [0.717, 1.165) is 26.1 Å². The zero-order chi connectivity index (χ0) is 15.3. The Hall–Kier alpha value is -0.210. The van der Waals surface area contributed by atoms with E-state index < -0.39 is 10.0 Å². The summed E-state index contributed by atoms with van der Waals surface area (Å²) in [6.07, 6.45) is 0.787. The van der Waals surface area contributed by atoms with Crippen LogP contribution in [-0.2, 0) is 19.5 Å². The third kappa shape index (κ3) is 6.20. The monoisotopic (exact) mass is 320 g/mol. The van der Waals surface area contributed by atoms with Crippen LogP contribution in [0.4, 0.5) is 0 Å². The third-order valence-electron chi connectivity index (χ3n) is 3.86. The van der Waals surface area contributed by atoms with Crippen LogP contribution in [0.3, 0.4) is 0 Å². The average Bonchev–Trinajstić information content (AvgIpc) is 2.88. The molecule has 0 bridgehead atoms. The molecule has 124 valence electrons. The summed E-state index contributed by atoms with van der Waals surface area (Å²) < 4.78 is 37.7. The van der Waals surface area contributed by atoms with Gasteiger partial charge in [-0.1, -0.05) is 13.8 Å². The van der Waals surface area contributed by atoms with E-state index in [-0.39, 0.29) is 17.8 Å². The van der Waals surface area contributed by atoms with Crippen molar-refractivity contribution in [2.24, 2.45) is 11.8 Å². The van der Waals surface area contributed by atoms with E-state index in [4.69, 9.17) is 9.47 Å². The van der Waals surface area contributed by atoms with Crippen molar-refractivity contribution in [1.29, 1.82) is 0 Å². The van der Waals surface area contributed by atoms with E-state index in [0.29, 0.717) is 32.3 Å². The lowest BCUT2D eigenvalue weighted by atomic mass is 10.2. The minimum Gasteiger partial charge on any atom is -0.381 e. The Balaban J connectivity index is 1.73. The Morgan fingerprint density at radius 3 is 2.81 bits per heavy atom. The summed E-state index contributed by atoms with van der Waals surface area (Å²) in [5.41, 5.74) is 0. The minimum absolute atomic E-state index is 0.0490. The smallest absolute Gasteiger partial charge is 0.212 e. The minimum atomic E-state index is -3.23. The van der Waals surface area contributed by atoms with Gasteiger partial charge >= 0.3 is 0 Å². The maximum atomic E-state index is 12.1. The Morgan fingerprint density at radius 2 is 2.14 bits per heavy atom. The van der Waals surface area contributed by atoms with Gasteiger partial charge in [-0.15, -0.1) is 0 Å². The summed E-state index contributed by atoms with van der Waals surface area (Å²) in [7, 11) is -3.23. The first-order valence-electron chi connectivity index (χ1n) is 7.83. The van der Waals surface area contributed by atoms with Crippen LogP contribution in [0.25, 0.3) is 0 Å². The lowest BCUT2D eigenvalue weighted by Gasteiger charge is -2.34. The molecule has 2 saturated heterocycles. The molecule has 0 amide bonds. The van der Waals surface area contributed by atoms with E-state index >= 15 is 0 Å². The van der Waals surface area contributed by atoms with Crippen LogP contribution >= 0.6 is 0 Å². The van der Waals surface area contributed by atoms with Crippen LogP contribution < -0.4 is 4.72 Å². The maximum Gasteiger partial charge on any atom is 0.212 e. The molecular formula is C14H28N2O4S. The van der Waals surface area contributed by atoms with Crippen LogP contribution in [0.1, 0.15) is 20.3 Å². The van der Waals surface area contributed by atoms with Crippen LogP contribution in [0, 0.1) is 11.8 Å². The second-order valence-electron chi connectivity index (χ2n) is 6.51. The van der Waals surface area contributed by atoms with E-state index in [2.05, 4.69) is 23.5 Å². The van der Waals surface area contributed by atoms with Gasteiger partial charge in [-0.25, -0.2) is 13.1 Å². The van der Waals surface area contributed by atoms with Crippen LogP contribution in [0.15, 0.2) is 0 Å². The molecule has 2 atom stereocenters. The lowest BCUT2D eigenvalue weighted by molar-refractivity contribution is -0.0280. The Labute approximate surface area is 128 Å².